The molecule has 0 saturated heterocycles. The minimum atomic E-state index is -1.03. The van der Waals surface area contributed by atoms with Crippen molar-refractivity contribution in [3.63, 3.8) is 0 Å². The lowest BCUT2D eigenvalue weighted by Crippen LogP contribution is -2.15. The maximum Gasteiger partial charge on any atom is 0.522 e. The molecule has 0 atom stereocenters. The number of para-hydroxylation sites is 2. The minimum Gasteiger partial charge on any atom is -0.506 e. The highest BCUT2D eigenvalue weighted by Crippen LogP contribution is 2.26. The quantitative estimate of drug-likeness (QED) is 0.532. The zero-order valence-electron chi connectivity index (χ0n) is 13.3. The van der Waals surface area contributed by atoms with Crippen LogP contribution >= 0.6 is 0 Å². The van der Waals surface area contributed by atoms with Crippen LogP contribution in [0.5, 0.6) is 23.3 Å². The number of rotatable bonds is 2. The van der Waals surface area contributed by atoms with Gasteiger partial charge in [0.15, 0.2) is 0 Å². The van der Waals surface area contributed by atoms with E-state index in [4.69, 9.17) is 9.47 Å². The molecule has 2 N–H and O–H groups in total. The Morgan fingerprint density at radius 3 is 1.62 bits per heavy atom. The first-order chi connectivity index (χ1) is 12.6. The third-order valence-electron chi connectivity index (χ3n) is 3.72. The topological polar surface area (TPSA) is 102 Å². The number of phenolic OH excluding ortho intramolecular Hbond substituents is 2. The monoisotopic (exact) mass is 348 g/mol. The van der Waals surface area contributed by atoms with E-state index in [2.05, 4.69) is 9.97 Å². The molecule has 0 aliphatic heterocycles. The molecule has 0 aliphatic carbocycles. The number of pyridine rings is 2. The highest BCUT2D eigenvalue weighted by Gasteiger charge is 2.12. The van der Waals surface area contributed by atoms with Crippen LogP contribution in [0.3, 0.4) is 0 Å². The molecular weight excluding hydrogens is 336 g/mol. The van der Waals surface area contributed by atoms with E-state index in [0.717, 1.165) is 0 Å². The molecule has 0 spiro atoms. The molecule has 26 heavy (non-hydrogen) atoms. The lowest BCUT2D eigenvalue weighted by atomic mass is 10.2. The van der Waals surface area contributed by atoms with Gasteiger partial charge in [-0.1, -0.05) is 24.3 Å². The van der Waals surface area contributed by atoms with E-state index in [9.17, 15) is 15.0 Å². The fourth-order valence-corrected chi connectivity index (χ4v) is 2.53. The van der Waals surface area contributed by atoms with Gasteiger partial charge in [-0.05, 0) is 24.3 Å². The van der Waals surface area contributed by atoms with Crippen molar-refractivity contribution in [2.75, 3.05) is 0 Å². The molecule has 4 rings (SSSR count). The number of carbonyl (C=O) groups is 1. The maximum absolute atomic E-state index is 12.0. The molecule has 0 unspecified atom stereocenters. The summed E-state index contributed by atoms with van der Waals surface area (Å²) in [5, 5.41) is 21.1. The molecule has 0 amide bonds. The molecule has 2 aromatic carbocycles. The second kappa shape index (κ2) is 6.21. The fourth-order valence-electron chi connectivity index (χ4n) is 2.53. The van der Waals surface area contributed by atoms with Gasteiger partial charge in [-0.25, -0.2) is 14.8 Å². The Morgan fingerprint density at radius 1 is 0.692 bits per heavy atom. The number of benzene rings is 2. The summed E-state index contributed by atoms with van der Waals surface area (Å²) in [5.74, 6) is -0.0822. The molecule has 0 radical (unpaired) electrons. The largest absolute Gasteiger partial charge is 0.522 e. The highest BCUT2D eigenvalue weighted by molar-refractivity contribution is 5.86. The fraction of sp³-hybridized carbons (Fsp3) is 0. The van der Waals surface area contributed by atoms with E-state index < -0.39 is 6.16 Å². The Labute approximate surface area is 147 Å². The van der Waals surface area contributed by atoms with Crippen molar-refractivity contribution in [2.45, 2.75) is 0 Å². The Balaban J connectivity index is 1.55. The zero-order chi connectivity index (χ0) is 18.1. The van der Waals surface area contributed by atoms with Gasteiger partial charge >= 0.3 is 6.16 Å². The Hall–Kier alpha value is -3.87. The van der Waals surface area contributed by atoms with Crippen molar-refractivity contribution in [3.05, 3.63) is 60.7 Å². The van der Waals surface area contributed by atoms with Gasteiger partial charge in [-0.2, -0.15) is 0 Å². The van der Waals surface area contributed by atoms with Crippen LogP contribution in [-0.2, 0) is 0 Å². The lowest BCUT2D eigenvalue weighted by molar-refractivity contribution is 0.148. The first kappa shape index (κ1) is 15.6. The number of ether oxygens (including phenoxy) is 2. The van der Waals surface area contributed by atoms with Gasteiger partial charge in [-0.3, -0.25) is 0 Å². The van der Waals surface area contributed by atoms with Gasteiger partial charge in [0.2, 0.25) is 11.8 Å². The van der Waals surface area contributed by atoms with E-state index >= 15 is 0 Å². The van der Waals surface area contributed by atoms with Crippen molar-refractivity contribution in [2.24, 2.45) is 0 Å². The zero-order valence-corrected chi connectivity index (χ0v) is 13.3. The molecule has 7 nitrogen and oxygen atoms in total. The van der Waals surface area contributed by atoms with E-state index in [1.165, 1.54) is 24.3 Å². The predicted octanol–water partition coefficient (Wildman–Crippen LogP) is 3.77. The number of fused-ring (bicyclic) bond motifs is 2. The molecule has 2 aromatic heterocycles. The second-order valence-corrected chi connectivity index (χ2v) is 5.45. The number of hydrogen-bond acceptors (Lipinski definition) is 7. The number of nitrogens with zero attached hydrogens (tertiary/aromatic N) is 2. The molecule has 2 heterocycles. The van der Waals surface area contributed by atoms with Crippen LogP contribution in [0.2, 0.25) is 0 Å². The van der Waals surface area contributed by atoms with Crippen LogP contribution in [0, 0.1) is 0 Å². The lowest BCUT2D eigenvalue weighted by Gasteiger charge is -2.07. The summed E-state index contributed by atoms with van der Waals surface area (Å²) in [5.41, 5.74) is 0.623. The van der Waals surface area contributed by atoms with Gasteiger partial charge < -0.3 is 19.7 Å². The van der Waals surface area contributed by atoms with E-state index in [1.807, 2.05) is 0 Å². The van der Waals surface area contributed by atoms with E-state index in [-0.39, 0.29) is 23.3 Å². The predicted molar refractivity (Wildman–Crippen MR) is 93.5 cm³/mol. The van der Waals surface area contributed by atoms with Crippen molar-refractivity contribution < 1.29 is 24.5 Å². The normalized spacial score (nSPS) is 10.8. The first-order valence-corrected chi connectivity index (χ1v) is 7.67. The van der Waals surface area contributed by atoms with Crippen molar-refractivity contribution in [1.29, 1.82) is 0 Å². The SMILES string of the molecule is O=C(Oc1ccc2cccc(O)c2n1)Oc1ccc2cccc(O)c2n1. The number of aromatic hydroxyl groups is 2. The maximum atomic E-state index is 12.0. The summed E-state index contributed by atoms with van der Waals surface area (Å²) >= 11 is 0. The first-order valence-electron chi connectivity index (χ1n) is 7.67. The van der Waals surface area contributed by atoms with Crippen LogP contribution in [0.4, 0.5) is 4.79 Å². The van der Waals surface area contributed by atoms with Gasteiger partial charge in [0, 0.05) is 22.9 Å². The summed E-state index contributed by atoms with van der Waals surface area (Å²) < 4.78 is 10.1. The Morgan fingerprint density at radius 2 is 1.15 bits per heavy atom. The molecule has 4 aromatic rings. The van der Waals surface area contributed by atoms with Gasteiger partial charge in [-0.15, -0.1) is 0 Å². The van der Waals surface area contributed by atoms with Crippen molar-refractivity contribution in [3.8, 4) is 23.3 Å². The standard InChI is InChI=1S/C19H12N2O5/c22-13-5-1-3-11-7-9-15(20-17(11)13)25-19(24)26-16-10-8-12-4-2-6-14(23)18(12)21-16/h1-10,22-23H. The smallest absolute Gasteiger partial charge is 0.506 e. The Bertz CT molecular complexity index is 1050. The third kappa shape index (κ3) is 2.93. The van der Waals surface area contributed by atoms with Crippen LogP contribution in [0.25, 0.3) is 21.8 Å². The average molecular weight is 348 g/mol. The number of hydrogen-bond donors (Lipinski definition) is 2. The van der Waals surface area contributed by atoms with Crippen LogP contribution in [0.1, 0.15) is 0 Å². The molecule has 0 saturated carbocycles. The molecule has 0 aliphatic rings. The summed E-state index contributed by atoms with van der Waals surface area (Å²) in [4.78, 5) is 20.1. The molecule has 0 bridgehead atoms. The molecular formula is C19H12N2O5. The second-order valence-electron chi connectivity index (χ2n) is 5.45. The van der Waals surface area contributed by atoms with Crippen LogP contribution < -0.4 is 9.47 Å². The average Bonchev–Trinajstić information content (AvgIpc) is 2.63. The highest BCUT2D eigenvalue weighted by atomic mass is 16.7. The van der Waals surface area contributed by atoms with E-state index in [1.54, 1.807) is 36.4 Å². The molecule has 7 heteroatoms. The van der Waals surface area contributed by atoms with Crippen LogP contribution in [0.15, 0.2) is 60.7 Å². The summed E-state index contributed by atoms with van der Waals surface area (Å²) in [6.07, 6.45) is -1.03. The Kier molecular flexibility index (Phi) is 3.74. The number of carbonyl (C=O) groups excluding carboxylic acids is 1. The van der Waals surface area contributed by atoms with Gasteiger partial charge in [0.05, 0.1) is 0 Å². The molecule has 0 fully saturated rings. The summed E-state index contributed by atoms with van der Waals surface area (Å²) in [6, 6.07) is 16.2. The third-order valence-corrected chi connectivity index (χ3v) is 3.72. The number of phenols is 2. The van der Waals surface area contributed by atoms with Crippen molar-refractivity contribution in [1.82, 2.24) is 9.97 Å². The molecule has 128 valence electrons. The van der Waals surface area contributed by atoms with E-state index in [0.29, 0.717) is 21.8 Å². The van der Waals surface area contributed by atoms with Crippen LogP contribution in [-0.4, -0.2) is 26.3 Å². The minimum absolute atomic E-state index is 0.0204. The van der Waals surface area contributed by atoms with Gasteiger partial charge in [0.1, 0.15) is 22.5 Å². The summed E-state index contributed by atoms with van der Waals surface area (Å²) in [6.45, 7) is 0. The van der Waals surface area contributed by atoms with Crippen molar-refractivity contribution >= 4 is 28.0 Å². The van der Waals surface area contributed by atoms with Gasteiger partial charge in [0.25, 0.3) is 0 Å². The number of aromatic nitrogens is 2. The summed E-state index contributed by atoms with van der Waals surface area (Å²) in [7, 11) is 0.